The number of nitrogen functional groups attached to an aromatic ring is 1. The Balaban J connectivity index is 2.46. The lowest BCUT2D eigenvalue weighted by atomic mass is 10.1. The van der Waals surface area contributed by atoms with E-state index >= 15 is 0 Å². The van der Waals surface area contributed by atoms with E-state index in [1.54, 1.807) is 10.6 Å². The maximum absolute atomic E-state index is 12.3. The molecule has 0 bridgehead atoms. The van der Waals surface area contributed by atoms with E-state index in [4.69, 9.17) is 10.5 Å². The molecule has 0 amide bonds. The van der Waals surface area contributed by atoms with Gasteiger partial charge in [-0.3, -0.25) is 4.79 Å². The first-order valence-corrected chi connectivity index (χ1v) is 7.64. The molecule has 2 N–H and O–H groups in total. The second-order valence-electron chi connectivity index (χ2n) is 6.18. The second kappa shape index (κ2) is 6.69. The first kappa shape index (κ1) is 16.1. The van der Waals surface area contributed by atoms with Crippen LogP contribution in [0.2, 0.25) is 0 Å². The van der Waals surface area contributed by atoms with Crippen molar-refractivity contribution in [3.8, 4) is 17.0 Å². The van der Waals surface area contributed by atoms with E-state index in [0.29, 0.717) is 12.5 Å². The Labute approximate surface area is 131 Å². The molecule has 0 saturated heterocycles. The topological polar surface area (TPSA) is 57.2 Å². The van der Waals surface area contributed by atoms with Crippen LogP contribution < -0.4 is 16.0 Å². The van der Waals surface area contributed by atoms with E-state index in [-0.39, 0.29) is 17.3 Å². The summed E-state index contributed by atoms with van der Waals surface area (Å²) in [7, 11) is 0. The Hall–Kier alpha value is -2.23. The largest absolute Gasteiger partial charge is 0.493 e. The van der Waals surface area contributed by atoms with E-state index < -0.39 is 0 Å². The zero-order chi connectivity index (χ0) is 16.3. The Morgan fingerprint density at radius 1 is 1.14 bits per heavy atom. The average molecular weight is 300 g/mol. The van der Waals surface area contributed by atoms with Crippen LogP contribution >= 0.6 is 0 Å². The Kier molecular flexibility index (Phi) is 4.91. The van der Waals surface area contributed by atoms with Crippen LogP contribution in [0.25, 0.3) is 11.3 Å². The minimum atomic E-state index is -0.152. The predicted octanol–water partition coefficient (Wildman–Crippen LogP) is 3.71. The smallest absolute Gasteiger partial charge is 0.274 e. The fourth-order valence-electron chi connectivity index (χ4n) is 2.32. The number of nitrogens with zero attached hydrogens (tertiary/aromatic N) is 1. The molecule has 22 heavy (non-hydrogen) atoms. The van der Waals surface area contributed by atoms with Gasteiger partial charge in [0.2, 0.25) is 0 Å². The van der Waals surface area contributed by atoms with Crippen molar-refractivity contribution in [1.82, 2.24) is 4.57 Å². The van der Waals surface area contributed by atoms with Crippen LogP contribution in [0.3, 0.4) is 0 Å². The average Bonchev–Trinajstić information content (AvgIpc) is 2.47. The molecule has 0 aliphatic heterocycles. The fraction of sp³-hybridized carbons (Fsp3) is 0.389. The van der Waals surface area contributed by atoms with Crippen LogP contribution in [0, 0.1) is 5.92 Å². The molecule has 118 valence electrons. The molecular formula is C18H24N2O2. The summed E-state index contributed by atoms with van der Waals surface area (Å²) in [6, 6.07) is 11.4. The highest BCUT2D eigenvalue weighted by molar-refractivity contribution is 5.63. The van der Waals surface area contributed by atoms with Crippen molar-refractivity contribution in [2.45, 2.75) is 33.7 Å². The van der Waals surface area contributed by atoms with E-state index in [1.807, 2.05) is 44.2 Å². The Morgan fingerprint density at radius 2 is 1.86 bits per heavy atom. The third-order valence-corrected chi connectivity index (χ3v) is 3.38. The molecule has 4 heteroatoms. The van der Waals surface area contributed by atoms with Gasteiger partial charge in [0, 0.05) is 11.6 Å². The normalized spacial score (nSPS) is 11.2. The van der Waals surface area contributed by atoms with Gasteiger partial charge >= 0.3 is 0 Å². The highest BCUT2D eigenvalue weighted by Crippen LogP contribution is 2.25. The summed E-state index contributed by atoms with van der Waals surface area (Å²) in [5.74, 6) is 1.28. The van der Waals surface area contributed by atoms with Gasteiger partial charge in [0.25, 0.3) is 5.56 Å². The zero-order valence-electron chi connectivity index (χ0n) is 13.7. The number of aromatic nitrogens is 1. The van der Waals surface area contributed by atoms with Gasteiger partial charge in [-0.1, -0.05) is 26.0 Å². The van der Waals surface area contributed by atoms with Gasteiger partial charge in [-0.05, 0) is 44.0 Å². The molecule has 0 saturated carbocycles. The van der Waals surface area contributed by atoms with Crippen molar-refractivity contribution in [3.63, 3.8) is 0 Å². The molecule has 0 aliphatic carbocycles. The number of anilines is 1. The Morgan fingerprint density at radius 3 is 2.50 bits per heavy atom. The van der Waals surface area contributed by atoms with Crippen molar-refractivity contribution in [2.75, 3.05) is 12.3 Å². The molecule has 1 aromatic carbocycles. The molecule has 0 unspecified atom stereocenters. The molecule has 0 spiro atoms. The lowest BCUT2D eigenvalue weighted by molar-refractivity contribution is 0.271. The van der Waals surface area contributed by atoms with E-state index in [2.05, 4.69) is 13.8 Å². The van der Waals surface area contributed by atoms with Crippen LogP contribution in [0.1, 0.15) is 33.7 Å². The van der Waals surface area contributed by atoms with Crippen molar-refractivity contribution in [2.24, 2.45) is 5.92 Å². The van der Waals surface area contributed by atoms with Gasteiger partial charge in [-0.25, -0.2) is 0 Å². The molecule has 1 heterocycles. The van der Waals surface area contributed by atoms with Crippen molar-refractivity contribution < 1.29 is 4.74 Å². The third-order valence-electron chi connectivity index (χ3n) is 3.38. The highest BCUT2D eigenvalue weighted by Gasteiger charge is 2.12. The predicted molar refractivity (Wildman–Crippen MR) is 91.3 cm³/mol. The summed E-state index contributed by atoms with van der Waals surface area (Å²) in [4.78, 5) is 12.3. The fourth-order valence-corrected chi connectivity index (χ4v) is 2.32. The quantitative estimate of drug-likeness (QED) is 0.915. The van der Waals surface area contributed by atoms with Gasteiger partial charge in [-0.15, -0.1) is 0 Å². The number of benzene rings is 1. The summed E-state index contributed by atoms with van der Waals surface area (Å²) >= 11 is 0. The van der Waals surface area contributed by atoms with Crippen molar-refractivity contribution in [1.29, 1.82) is 0 Å². The lowest BCUT2D eigenvalue weighted by Gasteiger charge is -2.18. The van der Waals surface area contributed by atoms with Crippen LogP contribution in [-0.4, -0.2) is 11.2 Å². The molecule has 0 aliphatic rings. The molecule has 0 atom stereocenters. The van der Waals surface area contributed by atoms with E-state index in [1.165, 1.54) is 0 Å². The highest BCUT2D eigenvalue weighted by atomic mass is 16.5. The molecule has 2 aromatic rings. The van der Waals surface area contributed by atoms with Gasteiger partial charge in [0.15, 0.2) is 0 Å². The SMILES string of the molecule is CC(C)COc1cccc(-c2ccc(N)c(=O)n2C(C)C)c1. The molecule has 0 fully saturated rings. The summed E-state index contributed by atoms with van der Waals surface area (Å²) in [6.45, 7) is 8.84. The Bertz CT molecular complexity index is 702. The second-order valence-corrected chi connectivity index (χ2v) is 6.18. The number of nitrogens with two attached hydrogens (primary N) is 1. The molecular weight excluding hydrogens is 276 g/mol. The number of hydrogen-bond acceptors (Lipinski definition) is 3. The van der Waals surface area contributed by atoms with Crippen molar-refractivity contribution >= 4 is 5.69 Å². The zero-order valence-corrected chi connectivity index (χ0v) is 13.7. The van der Waals surface area contributed by atoms with Gasteiger partial charge in [0.05, 0.1) is 18.0 Å². The minimum absolute atomic E-state index is 0.0336. The number of ether oxygens (including phenoxy) is 1. The van der Waals surface area contributed by atoms with Crippen LogP contribution in [-0.2, 0) is 0 Å². The summed E-state index contributed by atoms with van der Waals surface area (Å²) in [6.07, 6.45) is 0. The van der Waals surface area contributed by atoms with Crippen LogP contribution in [0.5, 0.6) is 5.75 Å². The monoisotopic (exact) mass is 300 g/mol. The molecule has 2 rings (SSSR count). The molecule has 0 radical (unpaired) electrons. The standard InChI is InChI=1S/C18H24N2O2/c1-12(2)11-22-15-7-5-6-14(10-15)17-9-8-16(19)18(21)20(17)13(3)4/h5-10,12-13H,11,19H2,1-4H3. The summed E-state index contributed by atoms with van der Waals surface area (Å²) in [5.41, 5.74) is 7.68. The van der Waals surface area contributed by atoms with Gasteiger partial charge in [-0.2, -0.15) is 0 Å². The first-order valence-electron chi connectivity index (χ1n) is 7.64. The van der Waals surface area contributed by atoms with E-state index in [0.717, 1.165) is 17.0 Å². The number of hydrogen-bond donors (Lipinski definition) is 1. The maximum atomic E-state index is 12.3. The first-order chi connectivity index (χ1) is 10.4. The molecule has 4 nitrogen and oxygen atoms in total. The summed E-state index contributed by atoms with van der Waals surface area (Å²) in [5, 5.41) is 0. The minimum Gasteiger partial charge on any atom is -0.493 e. The number of rotatable bonds is 5. The van der Waals surface area contributed by atoms with E-state index in [9.17, 15) is 4.79 Å². The number of pyridine rings is 1. The lowest BCUT2D eigenvalue weighted by Crippen LogP contribution is -2.25. The van der Waals surface area contributed by atoms with Gasteiger partial charge < -0.3 is 15.0 Å². The van der Waals surface area contributed by atoms with Crippen LogP contribution in [0.4, 0.5) is 5.69 Å². The molecule has 1 aromatic heterocycles. The summed E-state index contributed by atoms with van der Waals surface area (Å²) < 4.78 is 7.49. The van der Waals surface area contributed by atoms with Gasteiger partial charge in [0.1, 0.15) is 5.75 Å². The van der Waals surface area contributed by atoms with Crippen molar-refractivity contribution in [3.05, 3.63) is 46.8 Å². The third kappa shape index (κ3) is 3.50. The maximum Gasteiger partial charge on any atom is 0.274 e. The van der Waals surface area contributed by atoms with Crippen LogP contribution in [0.15, 0.2) is 41.2 Å².